The van der Waals surface area contributed by atoms with E-state index in [1.807, 2.05) is 19.9 Å². The highest BCUT2D eigenvalue weighted by molar-refractivity contribution is 9.10. The summed E-state index contributed by atoms with van der Waals surface area (Å²) in [4.78, 5) is 8.30. The Morgan fingerprint density at radius 2 is 2.27 bits per heavy atom. The average molecular weight is 292 g/mol. The average Bonchev–Trinajstić information content (AvgIpc) is 2.16. The predicted molar refractivity (Wildman–Crippen MR) is 66.5 cm³/mol. The topological polar surface area (TPSA) is 54.9 Å². The van der Waals surface area contributed by atoms with Crippen molar-refractivity contribution in [2.45, 2.75) is 13.8 Å². The number of nitrogens with one attached hydrogen (secondary N) is 1. The highest BCUT2D eigenvalue weighted by atomic mass is 79.9. The molecule has 1 atom stereocenters. The lowest BCUT2D eigenvalue weighted by molar-refractivity contribution is 0.684. The molecule has 0 radical (unpaired) electrons. The lowest BCUT2D eigenvalue weighted by atomic mass is 10.5. The van der Waals surface area contributed by atoms with Gasteiger partial charge in [-0.2, -0.15) is 0 Å². The van der Waals surface area contributed by atoms with Crippen LogP contribution in [-0.2, 0) is 10.8 Å². The molecule has 0 bridgehead atoms. The number of rotatable bonds is 5. The highest BCUT2D eigenvalue weighted by Gasteiger charge is 2.00. The van der Waals surface area contributed by atoms with Crippen molar-refractivity contribution in [3.63, 3.8) is 0 Å². The Balaban J connectivity index is 2.47. The standard InChI is InChI=1S/C9H14BrN3OS/c1-3-15(14)5-4-11-9-6-8(10)12-7(2)13-9/h6H,3-5H2,1-2H3,(H,11,12,13). The Hall–Kier alpha value is -0.490. The van der Waals surface area contributed by atoms with Gasteiger partial charge in [-0.15, -0.1) is 0 Å². The molecule has 0 saturated carbocycles. The molecule has 4 nitrogen and oxygen atoms in total. The van der Waals surface area contributed by atoms with Crippen LogP contribution in [-0.4, -0.2) is 32.2 Å². The largest absolute Gasteiger partial charge is 0.369 e. The third-order valence-corrected chi connectivity index (χ3v) is 3.47. The van der Waals surface area contributed by atoms with Gasteiger partial charge in [-0.05, 0) is 22.9 Å². The molecule has 15 heavy (non-hydrogen) atoms. The summed E-state index contributed by atoms with van der Waals surface area (Å²) in [5, 5.41) is 3.12. The van der Waals surface area contributed by atoms with E-state index in [-0.39, 0.29) is 0 Å². The minimum atomic E-state index is -0.729. The van der Waals surface area contributed by atoms with Crippen molar-refractivity contribution in [1.29, 1.82) is 0 Å². The normalized spacial score (nSPS) is 12.5. The molecule has 1 heterocycles. The number of hydrogen-bond donors (Lipinski definition) is 1. The fraction of sp³-hybridized carbons (Fsp3) is 0.556. The molecule has 0 aliphatic rings. The molecule has 1 aromatic heterocycles. The van der Waals surface area contributed by atoms with Crippen LogP contribution in [0.1, 0.15) is 12.7 Å². The second-order valence-electron chi connectivity index (χ2n) is 2.98. The van der Waals surface area contributed by atoms with E-state index >= 15 is 0 Å². The van der Waals surface area contributed by atoms with Crippen LogP contribution < -0.4 is 5.32 Å². The summed E-state index contributed by atoms with van der Waals surface area (Å²) in [6.07, 6.45) is 0. The Morgan fingerprint density at radius 1 is 1.53 bits per heavy atom. The maximum atomic E-state index is 11.2. The van der Waals surface area contributed by atoms with Crippen molar-refractivity contribution in [2.24, 2.45) is 0 Å². The van der Waals surface area contributed by atoms with Gasteiger partial charge in [-0.25, -0.2) is 9.97 Å². The summed E-state index contributed by atoms with van der Waals surface area (Å²) in [5.41, 5.74) is 0. The van der Waals surface area contributed by atoms with Crippen LogP contribution in [0.5, 0.6) is 0 Å². The molecule has 0 spiro atoms. The quantitative estimate of drug-likeness (QED) is 0.840. The van der Waals surface area contributed by atoms with Crippen LogP contribution in [0.15, 0.2) is 10.7 Å². The van der Waals surface area contributed by atoms with E-state index in [9.17, 15) is 4.21 Å². The maximum absolute atomic E-state index is 11.2. The molecule has 0 aromatic carbocycles. The zero-order valence-electron chi connectivity index (χ0n) is 8.79. The van der Waals surface area contributed by atoms with E-state index in [4.69, 9.17) is 0 Å². The minimum absolute atomic E-state index is 0.650. The molecular weight excluding hydrogens is 278 g/mol. The van der Waals surface area contributed by atoms with Crippen molar-refractivity contribution in [3.05, 3.63) is 16.5 Å². The van der Waals surface area contributed by atoms with Crippen molar-refractivity contribution < 1.29 is 4.21 Å². The predicted octanol–water partition coefficient (Wildman–Crippen LogP) is 1.73. The monoisotopic (exact) mass is 291 g/mol. The van der Waals surface area contributed by atoms with Crippen molar-refractivity contribution in [1.82, 2.24) is 9.97 Å². The first-order valence-electron chi connectivity index (χ1n) is 4.72. The molecule has 0 aliphatic carbocycles. The van der Waals surface area contributed by atoms with E-state index in [1.54, 1.807) is 0 Å². The van der Waals surface area contributed by atoms with Crippen LogP contribution in [0.2, 0.25) is 0 Å². The lowest BCUT2D eigenvalue weighted by Crippen LogP contribution is -2.13. The second-order valence-corrected chi connectivity index (χ2v) is 5.66. The van der Waals surface area contributed by atoms with Gasteiger partial charge in [0.25, 0.3) is 0 Å². The van der Waals surface area contributed by atoms with Gasteiger partial charge in [0.2, 0.25) is 0 Å². The van der Waals surface area contributed by atoms with Crippen molar-refractivity contribution >= 4 is 32.5 Å². The highest BCUT2D eigenvalue weighted by Crippen LogP contribution is 2.11. The molecule has 0 aliphatic heterocycles. The van der Waals surface area contributed by atoms with E-state index in [2.05, 4.69) is 31.2 Å². The Kier molecular flexibility index (Phi) is 5.17. The SMILES string of the molecule is CCS(=O)CCNc1cc(Br)nc(C)n1. The van der Waals surface area contributed by atoms with Gasteiger partial charge < -0.3 is 5.32 Å². The first kappa shape index (κ1) is 12.6. The van der Waals surface area contributed by atoms with Crippen LogP contribution in [0.3, 0.4) is 0 Å². The maximum Gasteiger partial charge on any atom is 0.130 e. The number of aryl methyl sites for hydroxylation is 1. The molecule has 84 valence electrons. The number of aromatic nitrogens is 2. The fourth-order valence-electron chi connectivity index (χ4n) is 1.06. The zero-order chi connectivity index (χ0) is 11.3. The first-order valence-corrected chi connectivity index (χ1v) is 7.00. The minimum Gasteiger partial charge on any atom is -0.369 e. The Labute approximate surface area is 100 Å². The molecule has 0 saturated heterocycles. The summed E-state index contributed by atoms with van der Waals surface area (Å²) >= 11 is 3.30. The van der Waals surface area contributed by atoms with Gasteiger partial charge in [0.05, 0.1) is 0 Å². The molecule has 1 N–H and O–H groups in total. The van der Waals surface area contributed by atoms with Gasteiger partial charge in [0.1, 0.15) is 16.2 Å². The summed E-state index contributed by atoms with van der Waals surface area (Å²) in [6, 6.07) is 1.81. The van der Waals surface area contributed by atoms with Gasteiger partial charge >= 0.3 is 0 Å². The van der Waals surface area contributed by atoms with E-state index < -0.39 is 10.8 Å². The second kappa shape index (κ2) is 6.17. The molecule has 0 fully saturated rings. The molecule has 1 rings (SSSR count). The van der Waals surface area contributed by atoms with Crippen molar-refractivity contribution in [3.8, 4) is 0 Å². The first-order chi connectivity index (χ1) is 7.11. The van der Waals surface area contributed by atoms with Crippen LogP contribution >= 0.6 is 15.9 Å². The molecule has 1 aromatic rings. The van der Waals surface area contributed by atoms with E-state index in [1.165, 1.54) is 0 Å². The van der Waals surface area contributed by atoms with Crippen LogP contribution in [0.25, 0.3) is 0 Å². The third kappa shape index (κ3) is 4.70. The summed E-state index contributed by atoms with van der Waals surface area (Å²) < 4.78 is 11.9. The van der Waals surface area contributed by atoms with Crippen molar-refractivity contribution in [2.75, 3.05) is 23.4 Å². The fourth-order valence-corrected chi connectivity index (χ4v) is 2.15. The van der Waals surface area contributed by atoms with E-state index in [0.717, 1.165) is 10.4 Å². The smallest absolute Gasteiger partial charge is 0.130 e. The van der Waals surface area contributed by atoms with Gasteiger partial charge in [0, 0.05) is 34.9 Å². The number of nitrogens with zero attached hydrogens (tertiary/aromatic N) is 2. The summed E-state index contributed by atoms with van der Waals surface area (Å²) in [7, 11) is -0.729. The Morgan fingerprint density at radius 3 is 2.87 bits per heavy atom. The number of anilines is 1. The lowest BCUT2D eigenvalue weighted by Gasteiger charge is -2.05. The van der Waals surface area contributed by atoms with Crippen LogP contribution in [0, 0.1) is 6.92 Å². The number of halogens is 1. The zero-order valence-corrected chi connectivity index (χ0v) is 11.2. The molecule has 1 unspecified atom stereocenters. The molecule has 6 heteroatoms. The third-order valence-electron chi connectivity index (χ3n) is 1.76. The van der Waals surface area contributed by atoms with Crippen LogP contribution in [0.4, 0.5) is 5.82 Å². The molecule has 0 amide bonds. The van der Waals surface area contributed by atoms with E-state index in [0.29, 0.717) is 23.9 Å². The molecular formula is C9H14BrN3OS. The van der Waals surface area contributed by atoms with Gasteiger partial charge in [0.15, 0.2) is 0 Å². The number of hydrogen-bond acceptors (Lipinski definition) is 4. The van der Waals surface area contributed by atoms with Gasteiger partial charge in [-0.3, -0.25) is 4.21 Å². The Bertz CT molecular complexity index is 339. The van der Waals surface area contributed by atoms with Gasteiger partial charge in [-0.1, -0.05) is 6.92 Å². The summed E-state index contributed by atoms with van der Waals surface area (Å²) in [5.74, 6) is 2.83. The summed E-state index contributed by atoms with van der Waals surface area (Å²) in [6.45, 7) is 4.42.